The third-order valence-corrected chi connectivity index (χ3v) is 7.23. The number of hydrogen-bond donors (Lipinski definition) is 1. The predicted molar refractivity (Wildman–Crippen MR) is 141 cm³/mol. The molecule has 3 aromatic rings. The molecule has 1 aliphatic carbocycles. The summed E-state index contributed by atoms with van der Waals surface area (Å²) in [7, 11) is 1.52. The second-order valence-electron chi connectivity index (χ2n) is 9.71. The van der Waals surface area contributed by atoms with Crippen molar-refractivity contribution in [1.82, 2.24) is 30.5 Å². The van der Waals surface area contributed by atoms with Crippen molar-refractivity contribution in [1.29, 1.82) is 0 Å². The van der Waals surface area contributed by atoms with Crippen molar-refractivity contribution in [3.63, 3.8) is 0 Å². The first-order chi connectivity index (χ1) is 18.4. The number of benzene rings is 1. The Morgan fingerprint density at radius 3 is 2.26 bits per heavy atom. The number of hydrogen-bond acceptors (Lipinski definition) is 6. The van der Waals surface area contributed by atoms with Crippen LogP contribution in [-0.2, 0) is 38.9 Å². The van der Waals surface area contributed by atoms with Crippen LogP contribution in [0.25, 0.3) is 0 Å². The summed E-state index contributed by atoms with van der Waals surface area (Å²) >= 11 is 2.11. The fourth-order valence-electron chi connectivity index (χ4n) is 4.73. The van der Waals surface area contributed by atoms with Gasteiger partial charge in [0.25, 0.3) is 5.95 Å². The number of nitrogens with one attached hydrogen (secondary N) is 1. The van der Waals surface area contributed by atoms with Gasteiger partial charge in [0, 0.05) is 41.5 Å². The molecule has 0 atom stereocenters. The second-order valence-corrected chi connectivity index (χ2v) is 11.0. The van der Waals surface area contributed by atoms with Crippen LogP contribution in [0, 0.1) is 9.49 Å². The Hall–Kier alpha value is -2.49. The average molecular weight is 667 g/mol. The molecular formula is C25H28F6IN7. The SMILES string of the molecule is Cn1nnc(N(Cc2cc(C(F)(F)F)cc(C(F)(F)F)c2)Cc2cc(I)cnc2CCNCC2CCCC2)n1. The van der Waals surface area contributed by atoms with Crippen molar-refractivity contribution in [3.05, 3.63) is 62.0 Å². The quantitative estimate of drug-likeness (QED) is 0.168. The van der Waals surface area contributed by atoms with E-state index in [0.717, 1.165) is 33.5 Å². The monoisotopic (exact) mass is 667 g/mol. The van der Waals surface area contributed by atoms with E-state index in [9.17, 15) is 26.3 Å². The minimum absolute atomic E-state index is 0.0765. The Morgan fingerprint density at radius 1 is 1.00 bits per heavy atom. The highest BCUT2D eigenvalue weighted by molar-refractivity contribution is 14.1. The predicted octanol–water partition coefficient (Wildman–Crippen LogP) is 5.78. The van der Waals surface area contributed by atoms with Gasteiger partial charge in [-0.3, -0.25) is 4.98 Å². The standard InChI is InChI=1S/C25H28F6IN7/c1-38-36-23(35-37-38)39(14-17-8-19(24(26,27)28)11-20(9-17)25(29,30)31)15-18-10-21(32)13-34-22(18)6-7-33-12-16-4-2-3-5-16/h8-11,13,16,33H,2-7,12,14-15H2,1H3. The van der Waals surface area contributed by atoms with Crippen LogP contribution in [0.2, 0.25) is 0 Å². The van der Waals surface area contributed by atoms with E-state index in [2.05, 4.69) is 48.3 Å². The summed E-state index contributed by atoms with van der Waals surface area (Å²) in [5.41, 5.74) is -1.36. The van der Waals surface area contributed by atoms with Gasteiger partial charge in [-0.2, -0.15) is 31.1 Å². The molecule has 2 aromatic heterocycles. The molecule has 0 bridgehead atoms. The molecule has 0 radical (unpaired) electrons. The molecule has 1 N–H and O–H groups in total. The van der Waals surface area contributed by atoms with Crippen molar-refractivity contribution in [3.8, 4) is 0 Å². The molecule has 14 heteroatoms. The molecule has 0 aliphatic heterocycles. The van der Waals surface area contributed by atoms with Gasteiger partial charge in [-0.1, -0.05) is 17.9 Å². The van der Waals surface area contributed by atoms with Crippen molar-refractivity contribution in [2.24, 2.45) is 13.0 Å². The normalized spacial score (nSPS) is 14.8. The van der Waals surface area contributed by atoms with Crippen LogP contribution in [-0.4, -0.2) is 38.3 Å². The number of pyridine rings is 1. The maximum Gasteiger partial charge on any atom is 0.416 e. The van der Waals surface area contributed by atoms with Gasteiger partial charge in [0.2, 0.25) is 0 Å². The number of tetrazole rings is 1. The van der Waals surface area contributed by atoms with Crippen LogP contribution in [0.1, 0.15) is 53.6 Å². The van der Waals surface area contributed by atoms with Gasteiger partial charge in [0.05, 0.1) is 18.2 Å². The number of alkyl halides is 6. The average Bonchev–Trinajstić information content (AvgIpc) is 3.53. The van der Waals surface area contributed by atoms with Crippen molar-refractivity contribution < 1.29 is 26.3 Å². The summed E-state index contributed by atoms with van der Waals surface area (Å²) in [6.07, 6.45) is -2.56. The van der Waals surface area contributed by atoms with Gasteiger partial charge in [-0.25, -0.2) is 0 Å². The molecule has 0 spiro atoms. The molecule has 0 amide bonds. The molecule has 1 aromatic carbocycles. The van der Waals surface area contributed by atoms with Gasteiger partial charge in [0.15, 0.2) is 0 Å². The lowest BCUT2D eigenvalue weighted by Gasteiger charge is -2.23. The molecule has 0 unspecified atom stereocenters. The molecule has 1 fully saturated rings. The number of aryl methyl sites for hydroxylation is 1. The molecule has 4 rings (SSSR count). The zero-order valence-corrected chi connectivity index (χ0v) is 23.3. The van der Waals surface area contributed by atoms with E-state index in [1.807, 2.05) is 6.07 Å². The highest BCUT2D eigenvalue weighted by Crippen LogP contribution is 2.37. The third-order valence-electron chi connectivity index (χ3n) is 6.64. The summed E-state index contributed by atoms with van der Waals surface area (Å²) in [5, 5.41) is 15.4. The molecule has 7 nitrogen and oxygen atoms in total. The second kappa shape index (κ2) is 12.4. The fraction of sp³-hybridized carbons (Fsp3) is 0.520. The van der Waals surface area contributed by atoms with Crippen molar-refractivity contribution >= 4 is 28.5 Å². The zero-order valence-electron chi connectivity index (χ0n) is 21.2. The topological polar surface area (TPSA) is 71.8 Å². The Bertz CT molecular complexity index is 1220. The van der Waals surface area contributed by atoms with Gasteiger partial charge in [-0.15, -0.1) is 5.10 Å². The molecule has 212 valence electrons. The Morgan fingerprint density at radius 2 is 1.67 bits per heavy atom. The summed E-state index contributed by atoms with van der Waals surface area (Å²) in [5.74, 6) is 0.758. The smallest absolute Gasteiger partial charge is 0.329 e. The molecule has 39 heavy (non-hydrogen) atoms. The first kappa shape index (κ1) is 29.5. The maximum absolute atomic E-state index is 13.5. The summed E-state index contributed by atoms with van der Waals surface area (Å²) in [6.45, 7) is 1.45. The van der Waals surface area contributed by atoms with E-state index >= 15 is 0 Å². The van der Waals surface area contributed by atoms with Crippen LogP contribution >= 0.6 is 22.6 Å². The summed E-state index contributed by atoms with van der Waals surface area (Å²) in [6, 6.07) is 3.46. The molecule has 2 heterocycles. The lowest BCUT2D eigenvalue weighted by molar-refractivity contribution is -0.143. The number of aromatic nitrogens is 5. The molecule has 1 aliphatic rings. The van der Waals surface area contributed by atoms with E-state index in [1.54, 1.807) is 6.20 Å². The van der Waals surface area contributed by atoms with E-state index in [1.165, 1.54) is 42.4 Å². The molecular weight excluding hydrogens is 639 g/mol. The van der Waals surface area contributed by atoms with E-state index in [4.69, 9.17) is 0 Å². The lowest BCUT2D eigenvalue weighted by atomic mass is 10.0. The number of halogens is 7. The Balaban J connectivity index is 1.59. The Kier molecular flexibility index (Phi) is 9.34. The lowest BCUT2D eigenvalue weighted by Crippen LogP contribution is -2.27. The largest absolute Gasteiger partial charge is 0.416 e. The maximum atomic E-state index is 13.5. The highest BCUT2D eigenvalue weighted by Gasteiger charge is 2.37. The van der Waals surface area contributed by atoms with Crippen molar-refractivity contribution in [2.45, 2.75) is 57.5 Å². The summed E-state index contributed by atoms with van der Waals surface area (Å²) in [4.78, 5) is 7.25. The first-order valence-electron chi connectivity index (χ1n) is 12.5. The fourth-order valence-corrected chi connectivity index (χ4v) is 5.25. The van der Waals surface area contributed by atoms with Gasteiger partial charge in [0.1, 0.15) is 0 Å². The van der Waals surface area contributed by atoms with Crippen LogP contribution < -0.4 is 10.2 Å². The zero-order chi connectivity index (χ0) is 28.2. The first-order valence-corrected chi connectivity index (χ1v) is 13.6. The van der Waals surface area contributed by atoms with E-state index < -0.39 is 23.5 Å². The van der Waals surface area contributed by atoms with Gasteiger partial charge < -0.3 is 10.2 Å². The minimum atomic E-state index is -4.94. The minimum Gasteiger partial charge on any atom is -0.329 e. The highest BCUT2D eigenvalue weighted by atomic mass is 127. The van der Waals surface area contributed by atoms with Crippen LogP contribution in [0.5, 0.6) is 0 Å². The van der Waals surface area contributed by atoms with Gasteiger partial charge >= 0.3 is 12.4 Å². The van der Waals surface area contributed by atoms with E-state index in [-0.39, 0.29) is 30.7 Å². The van der Waals surface area contributed by atoms with Crippen LogP contribution in [0.3, 0.4) is 0 Å². The number of anilines is 1. The number of nitrogens with zero attached hydrogens (tertiary/aromatic N) is 6. The third kappa shape index (κ3) is 8.25. The van der Waals surface area contributed by atoms with Crippen molar-refractivity contribution in [2.75, 3.05) is 18.0 Å². The van der Waals surface area contributed by atoms with Crippen LogP contribution in [0.15, 0.2) is 30.5 Å². The van der Waals surface area contributed by atoms with Gasteiger partial charge in [-0.05, 0) is 88.5 Å². The Labute approximate surface area is 235 Å². The summed E-state index contributed by atoms with van der Waals surface area (Å²) < 4.78 is 81.6. The van der Waals surface area contributed by atoms with E-state index in [0.29, 0.717) is 18.9 Å². The molecule has 1 saturated carbocycles. The number of rotatable bonds is 10. The van der Waals surface area contributed by atoms with Crippen LogP contribution in [0.4, 0.5) is 32.3 Å². The molecule has 0 saturated heterocycles.